The molecule has 0 aliphatic heterocycles. The second kappa shape index (κ2) is 8.34. The summed E-state index contributed by atoms with van der Waals surface area (Å²) in [5, 5.41) is 0. The molecule has 0 fully saturated rings. The first-order valence-electron chi connectivity index (χ1n) is 5.79. The van der Waals surface area contributed by atoms with Crippen molar-refractivity contribution in [2.45, 2.75) is 59.3 Å². The van der Waals surface area contributed by atoms with Crippen molar-refractivity contribution in [2.24, 2.45) is 11.8 Å². The summed E-state index contributed by atoms with van der Waals surface area (Å²) in [6.07, 6.45) is 10.2. The van der Waals surface area contributed by atoms with Crippen molar-refractivity contribution in [3.05, 3.63) is 12.7 Å². The van der Waals surface area contributed by atoms with Crippen molar-refractivity contribution < 1.29 is 0 Å². The third-order valence-electron chi connectivity index (χ3n) is 2.96. The predicted molar refractivity (Wildman–Crippen MR) is 61.9 cm³/mol. The smallest absolute Gasteiger partial charge is 0.0353 e. The van der Waals surface area contributed by atoms with Crippen LogP contribution in [0.4, 0.5) is 0 Å². The first-order chi connectivity index (χ1) is 6.18. The predicted octanol–water partition coefficient (Wildman–Crippen LogP) is 4.81. The van der Waals surface area contributed by atoms with Crippen molar-refractivity contribution in [3.63, 3.8) is 0 Å². The number of hydrogen-bond donors (Lipinski definition) is 0. The van der Waals surface area contributed by atoms with E-state index in [1.54, 1.807) is 0 Å². The molecule has 0 aromatic rings. The zero-order valence-corrected chi connectivity index (χ0v) is 9.68. The van der Waals surface area contributed by atoms with E-state index in [9.17, 15) is 0 Å². The van der Waals surface area contributed by atoms with Crippen LogP contribution in [0.25, 0.3) is 0 Å². The van der Waals surface area contributed by atoms with Gasteiger partial charge in [0.1, 0.15) is 0 Å². The maximum Gasteiger partial charge on any atom is -0.0353 e. The first kappa shape index (κ1) is 12.7. The van der Waals surface area contributed by atoms with Gasteiger partial charge in [-0.25, -0.2) is 0 Å². The summed E-state index contributed by atoms with van der Waals surface area (Å²) in [5.74, 6) is 1.76. The molecule has 0 aliphatic carbocycles. The lowest BCUT2D eigenvalue weighted by atomic mass is 9.92. The Hall–Kier alpha value is -0.260. The normalized spacial score (nSPS) is 13.2. The Morgan fingerprint density at radius 3 is 2.15 bits per heavy atom. The molecule has 0 radical (unpaired) electrons. The summed E-state index contributed by atoms with van der Waals surface area (Å²) in [4.78, 5) is 0. The SMILES string of the molecule is C=CCCCCCCC(C)C(C)C. The fourth-order valence-electron chi connectivity index (χ4n) is 1.44. The van der Waals surface area contributed by atoms with E-state index < -0.39 is 0 Å². The molecule has 0 spiro atoms. The molecule has 0 heteroatoms. The Morgan fingerprint density at radius 1 is 1.00 bits per heavy atom. The highest BCUT2D eigenvalue weighted by atomic mass is 14.1. The Kier molecular flexibility index (Phi) is 8.18. The van der Waals surface area contributed by atoms with E-state index in [0.29, 0.717) is 0 Å². The van der Waals surface area contributed by atoms with Crippen LogP contribution in [0.1, 0.15) is 59.3 Å². The van der Waals surface area contributed by atoms with E-state index in [1.807, 2.05) is 6.08 Å². The van der Waals surface area contributed by atoms with Gasteiger partial charge in [0, 0.05) is 0 Å². The minimum Gasteiger partial charge on any atom is -0.103 e. The zero-order chi connectivity index (χ0) is 10.1. The fraction of sp³-hybridized carbons (Fsp3) is 0.846. The standard InChI is InChI=1S/C13H26/c1-5-6-7-8-9-10-11-13(4)12(2)3/h5,12-13H,1,6-11H2,2-4H3. The molecule has 0 aromatic carbocycles. The molecular formula is C13H26. The topological polar surface area (TPSA) is 0 Å². The van der Waals surface area contributed by atoms with Crippen molar-refractivity contribution >= 4 is 0 Å². The lowest BCUT2D eigenvalue weighted by Crippen LogP contribution is -2.03. The van der Waals surface area contributed by atoms with Gasteiger partial charge in [-0.15, -0.1) is 6.58 Å². The van der Waals surface area contributed by atoms with E-state index in [2.05, 4.69) is 27.4 Å². The molecule has 1 atom stereocenters. The highest BCUT2D eigenvalue weighted by Crippen LogP contribution is 2.18. The molecule has 0 aliphatic rings. The Balaban J connectivity index is 3.11. The number of allylic oxidation sites excluding steroid dienone is 1. The summed E-state index contributed by atoms with van der Waals surface area (Å²) >= 11 is 0. The van der Waals surface area contributed by atoms with E-state index in [1.165, 1.54) is 38.5 Å². The molecule has 0 nitrogen and oxygen atoms in total. The van der Waals surface area contributed by atoms with Gasteiger partial charge in [0.25, 0.3) is 0 Å². The quantitative estimate of drug-likeness (QED) is 0.373. The van der Waals surface area contributed by atoms with Crippen molar-refractivity contribution in [2.75, 3.05) is 0 Å². The monoisotopic (exact) mass is 182 g/mol. The number of unbranched alkanes of at least 4 members (excludes halogenated alkanes) is 4. The summed E-state index contributed by atoms with van der Waals surface area (Å²) in [7, 11) is 0. The molecule has 0 amide bonds. The molecule has 13 heavy (non-hydrogen) atoms. The molecule has 0 saturated heterocycles. The number of hydrogen-bond acceptors (Lipinski definition) is 0. The lowest BCUT2D eigenvalue weighted by molar-refractivity contribution is 0.375. The van der Waals surface area contributed by atoms with Crippen LogP contribution in [0.2, 0.25) is 0 Å². The fourth-order valence-corrected chi connectivity index (χ4v) is 1.44. The Labute approximate surface area is 84.4 Å². The van der Waals surface area contributed by atoms with E-state index in [-0.39, 0.29) is 0 Å². The average molecular weight is 182 g/mol. The second-order valence-corrected chi connectivity index (χ2v) is 4.50. The van der Waals surface area contributed by atoms with Gasteiger partial charge in [-0.05, 0) is 24.7 Å². The van der Waals surface area contributed by atoms with Crippen molar-refractivity contribution in [1.29, 1.82) is 0 Å². The Morgan fingerprint density at radius 2 is 1.62 bits per heavy atom. The van der Waals surface area contributed by atoms with Gasteiger partial charge in [-0.3, -0.25) is 0 Å². The molecular weight excluding hydrogens is 156 g/mol. The molecule has 78 valence electrons. The van der Waals surface area contributed by atoms with E-state index in [4.69, 9.17) is 0 Å². The Bertz CT molecular complexity index is 113. The molecule has 0 N–H and O–H groups in total. The van der Waals surface area contributed by atoms with Gasteiger partial charge in [0.05, 0.1) is 0 Å². The molecule has 0 aromatic heterocycles. The lowest BCUT2D eigenvalue weighted by Gasteiger charge is -2.14. The van der Waals surface area contributed by atoms with Gasteiger partial charge >= 0.3 is 0 Å². The maximum atomic E-state index is 3.73. The molecule has 0 heterocycles. The summed E-state index contributed by atoms with van der Waals surface area (Å²) < 4.78 is 0. The van der Waals surface area contributed by atoms with Crippen LogP contribution in [0.15, 0.2) is 12.7 Å². The largest absolute Gasteiger partial charge is 0.103 e. The van der Waals surface area contributed by atoms with E-state index >= 15 is 0 Å². The molecule has 0 saturated carbocycles. The molecule has 1 unspecified atom stereocenters. The van der Waals surface area contributed by atoms with Crippen LogP contribution in [0, 0.1) is 11.8 Å². The van der Waals surface area contributed by atoms with Gasteiger partial charge in [-0.1, -0.05) is 52.5 Å². The van der Waals surface area contributed by atoms with Crippen LogP contribution in [0.3, 0.4) is 0 Å². The van der Waals surface area contributed by atoms with Gasteiger partial charge in [-0.2, -0.15) is 0 Å². The van der Waals surface area contributed by atoms with Crippen LogP contribution in [-0.2, 0) is 0 Å². The maximum absolute atomic E-state index is 3.73. The van der Waals surface area contributed by atoms with Gasteiger partial charge < -0.3 is 0 Å². The van der Waals surface area contributed by atoms with Crippen LogP contribution in [-0.4, -0.2) is 0 Å². The first-order valence-corrected chi connectivity index (χ1v) is 5.79. The zero-order valence-electron chi connectivity index (χ0n) is 9.68. The van der Waals surface area contributed by atoms with Crippen molar-refractivity contribution in [1.82, 2.24) is 0 Å². The third-order valence-corrected chi connectivity index (χ3v) is 2.96. The van der Waals surface area contributed by atoms with Gasteiger partial charge in [0.2, 0.25) is 0 Å². The minimum absolute atomic E-state index is 0.855. The summed E-state index contributed by atoms with van der Waals surface area (Å²) in [6.45, 7) is 10.7. The average Bonchev–Trinajstić information content (AvgIpc) is 2.10. The number of rotatable bonds is 8. The molecule has 0 bridgehead atoms. The highest BCUT2D eigenvalue weighted by molar-refractivity contribution is 4.65. The highest BCUT2D eigenvalue weighted by Gasteiger charge is 2.05. The minimum atomic E-state index is 0.855. The van der Waals surface area contributed by atoms with Crippen LogP contribution < -0.4 is 0 Å². The molecule has 0 rings (SSSR count). The van der Waals surface area contributed by atoms with Crippen LogP contribution >= 0.6 is 0 Å². The van der Waals surface area contributed by atoms with Gasteiger partial charge in [0.15, 0.2) is 0 Å². The van der Waals surface area contributed by atoms with E-state index in [0.717, 1.165) is 11.8 Å². The summed E-state index contributed by atoms with van der Waals surface area (Å²) in [5.41, 5.74) is 0. The van der Waals surface area contributed by atoms with Crippen molar-refractivity contribution in [3.8, 4) is 0 Å². The second-order valence-electron chi connectivity index (χ2n) is 4.50. The van der Waals surface area contributed by atoms with Crippen LogP contribution in [0.5, 0.6) is 0 Å². The summed E-state index contributed by atoms with van der Waals surface area (Å²) in [6, 6.07) is 0. The third kappa shape index (κ3) is 8.08.